The van der Waals surface area contributed by atoms with Crippen LogP contribution < -0.4 is 0 Å². The van der Waals surface area contributed by atoms with Crippen LogP contribution in [0.15, 0.2) is 0 Å². The minimum Gasteiger partial charge on any atom is -0.0628 e. The predicted octanol–water partition coefficient (Wildman–Crippen LogP) is 3.32. The van der Waals surface area contributed by atoms with Crippen molar-refractivity contribution >= 4 is 0 Å². The van der Waals surface area contributed by atoms with Gasteiger partial charge < -0.3 is 0 Å². The third-order valence-corrected chi connectivity index (χ3v) is 1.98. The molecule has 0 aliphatic heterocycles. The van der Waals surface area contributed by atoms with Gasteiger partial charge in [0.1, 0.15) is 0 Å². The quantitative estimate of drug-likeness (QED) is 0.547. The van der Waals surface area contributed by atoms with Crippen LogP contribution >= 0.6 is 0 Å². The molecule has 0 aromatic heterocycles. The first-order valence-electron chi connectivity index (χ1n) is 4.04. The van der Waals surface area contributed by atoms with Gasteiger partial charge in [0.15, 0.2) is 0 Å². The molecular weight excluding hydrogens is 108 g/mol. The van der Waals surface area contributed by atoms with E-state index in [2.05, 4.69) is 34.6 Å². The summed E-state index contributed by atoms with van der Waals surface area (Å²) in [5.74, 6) is 2.61. The van der Waals surface area contributed by atoms with E-state index >= 15 is 0 Å². The third-order valence-electron chi connectivity index (χ3n) is 1.98. The largest absolute Gasteiger partial charge is 0.0628 e. The summed E-state index contributed by atoms with van der Waals surface area (Å²) in [5, 5.41) is 0. The molecule has 0 aromatic carbocycles. The maximum atomic E-state index is 2.34. The van der Waals surface area contributed by atoms with E-state index in [0.717, 1.165) is 17.8 Å². The van der Waals surface area contributed by atoms with E-state index in [1.807, 2.05) is 0 Å². The molecule has 0 saturated heterocycles. The van der Waals surface area contributed by atoms with Crippen molar-refractivity contribution in [2.45, 2.75) is 41.0 Å². The first-order chi connectivity index (χ1) is 4.04. The van der Waals surface area contributed by atoms with Gasteiger partial charge in [0.25, 0.3) is 0 Å². The highest BCUT2D eigenvalue weighted by Crippen LogP contribution is 2.18. The highest BCUT2D eigenvalue weighted by atomic mass is 14.1. The molecule has 0 radical (unpaired) electrons. The second-order valence-electron chi connectivity index (χ2n) is 3.85. The summed E-state index contributed by atoms with van der Waals surface area (Å²) in [6, 6.07) is 0. The van der Waals surface area contributed by atoms with Crippen LogP contribution in [-0.2, 0) is 0 Å². The average Bonchev–Trinajstić information content (AvgIpc) is 1.63. The lowest BCUT2D eigenvalue weighted by atomic mass is 9.90. The Kier molecular flexibility index (Phi) is 3.92. The van der Waals surface area contributed by atoms with Gasteiger partial charge in [0, 0.05) is 0 Å². The molecule has 0 nitrogen and oxygen atoms in total. The smallest absolute Gasteiger partial charge is 0.0417 e. The van der Waals surface area contributed by atoms with Gasteiger partial charge in [-0.15, -0.1) is 0 Å². The van der Waals surface area contributed by atoms with E-state index in [1.54, 1.807) is 0 Å². The van der Waals surface area contributed by atoms with E-state index in [-0.39, 0.29) is 0 Å². The van der Waals surface area contributed by atoms with Crippen LogP contribution in [0.3, 0.4) is 0 Å². The Morgan fingerprint density at radius 3 is 1.44 bits per heavy atom. The predicted molar refractivity (Wildman–Crippen MR) is 43.5 cm³/mol. The SMILES string of the molecule is CC(C)C[C@H](C)C(C)C. The molecule has 0 bridgehead atoms. The van der Waals surface area contributed by atoms with Crippen LogP contribution in [0.2, 0.25) is 0 Å². The summed E-state index contributed by atoms with van der Waals surface area (Å²) >= 11 is 0. The Morgan fingerprint density at radius 1 is 0.889 bits per heavy atom. The van der Waals surface area contributed by atoms with Crippen molar-refractivity contribution < 1.29 is 0 Å². The fraction of sp³-hybridized carbons (Fsp3) is 1.00. The van der Waals surface area contributed by atoms with E-state index in [1.165, 1.54) is 6.42 Å². The minimum atomic E-state index is 0.854. The van der Waals surface area contributed by atoms with E-state index < -0.39 is 0 Å². The van der Waals surface area contributed by atoms with Gasteiger partial charge >= 0.3 is 0 Å². The molecule has 56 valence electrons. The summed E-state index contributed by atoms with van der Waals surface area (Å²) in [4.78, 5) is 0. The lowest BCUT2D eigenvalue weighted by Gasteiger charge is -2.16. The maximum Gasteiger partial charge on any atom is -0.0417 e. The first kappa shape index (κ1) is 9.00. The zero-order chi connectivity index (χ0) is 7.44. The third kappa shape index (κ3) is 4.50. The molecule has 0 aliphatic carbocycles. The first-order valence-corrected chi connectivity index (χ1v) is 4.04. The van der Waals surface area contributed by atoms with Crippen LogP contribution in [0.25, 0.3) is 0 Å². The Hall–Kier alpha value is 0. The second kappa shape index (κ2) is 3.92. The Morgan fingerprint density at radius 2 is 1.33 bits per heavy atom. The van der Waals surface area contributed by atoms with Crippen molar-refractivity contribution in [3.05, 3.63) is 0 Å². The summed E-state index contributed by atoms with van der Waals surface area (Å²) in [5.41, 5.74) is 0. The Bertz CT molecular complexity index is 62.4. The minimum absolute atomic E-state index is 0.854. The zero-order valence-corrected chi connectivity index (χ0v) is 7.44. The fourth-order valence-electron chi connectivity index (χ4n) is 1.02. The van der Waals surface area contributed by atoms with Crippen LogP contribution in [0.5, 0.6) is 0 Å². The maximum absolute atomic E-state index is 2.34. The molecule has 0 heteroatoms. The Labute approximate surface area is 59.7 Å². The number of hydrogen-bond donors (Lipinski definition) is 0. The highest BCUT2D eigenvalue weighted by Gasteiger charge is 2.07. The van der Waals surface area contributed by atoms with Crippen molar-refractivity contribution in [2.24, 2.45) is 17.8 Å². The Balaban J connectivity index is 3.38. The summed E-state index contributed by atoms with van der Waals surface area (Å²) in [6.45, 7) is 11.5. The van der Waals surface area contributed by atoms with Crippen LogP contribution in [0.4, 0.5) is 0 Å². The lowest BCUT2D eigenvalue weighted by Crippen LogP contribution is -2.06. The van der Waals surface area contributed by atoms with E-state index in [4.69, 9.17) is 0 Å². The summed E-state index contributed by atoms with van der Waals surface area (Å²) in [7, 11) is 0. The molecule has 0 rings (SSSR count). The summed E-state index contributed by atoms with van der Waals surface area (Å²) < 4.78 is 0. The molecule has 0 N–H and O–H groups in total. The van der Waals surface area contributed by atoms with Gasteiger partial charge in [-0.1, -0.05) is 34.6 Å². The monoisotopic (exact) mass is 128 g/mol. The highest BCUT2D eigenvalue weighted by molar-refractivity contribution is 4.58. The molecule has 0 aliphatic rings. The average molecular weight is 128 g/mol. The van der Waals surface area contributed by atoms with Gasteiger partial charge in [-0.25, -0.2) is 0 Å². The molecule has 0 unspecified atom stereocenters. The number of rotatable bonds is 3. The van der Waals surface area contributed by atoms with Crippen molar-refractivity contribution in [1.29, 1.82) is 0 Å². The van der Waals surface area contributed by atoms with Crippen LogP contribution in [0, 0.1) is 17.8 Å². The van der Waals surface area contributed by atoms with Crippen molar-refractivity contribution in [3.8, 4) is 0 Å². The molecule has 0 saturated carbocycles. The molecule has 0 aromatic rings. The molecule has 0 spiro atoms. The van der Waals surface area contributed by atoms with Crippen LogP contribution in [0.1, 0.15) is 41.0 Å². The van der Waals surface area contributed by atoms with Crippen molar-refractivity contribution in [1.82, 2.24) is 0 Å². The van der Waals surface area contributed by atoms with Gasteiger partial charge in [0.05, 0.1) is 0 Å². The molecule has 9 heavy (non-hydrogen) atoms. The van der Waals surface area contributed by atoms with Crippen molar-refractivity contribution in [3.63, 3.8) is 0 Å². The topological polar surface area (TPSA) is 0 Å². The fourth-order valence-corrected chi connectivity index (χ4v) is 1.02. The zero-order valence-electron chi connectivity index (χ0n) is 7.44. The van der Waals surface area contributed by atoms with E-state index in [9.17, 15) is 0 Å². The summed E-state index contributed by atoms with van der Waals surface area (Å²) in [6.07, 6.45) is 1.37. The van der Waals surface area contributed by atoms with Crippen molar-refractivity contribution in [2.75, 3.05) is 0 Å². The lowest BCUT2D eigenvalue weighted by molar-refractivity contribution is 0.344. The van der Waals surface area contributed by atoms with Crippen LogP contribution in [-0.4, -0.2) is 0 Å². The van der Waals surface area contributed by atoms with Gasteiger partial charge in [0.2, 0.25) is 0 Å². The van der Waals surface area contributed by atoms with Gasteiger partial charge in [-0.05, 0) is 24.2 Å². The second-order valence-corrected chi connectivity index (χ2v) is 3.85. The molecule has 0 amide bonds. The van der Waals surface area contributed by atoms with Gasteiger partial charge in [-0.3, -0.25) is 0 Å². The van der Waals surface area contributed by atoms with Gasteiger partial charge in [-0.2, -0.15) is 0 Å². The standard InChI is InChI=1S/C9H20/c1-7(2)6-9(5)8(3)4/h7-9H,6H2,1-5H3/t9-/m0/s1. The molecule has 0 heterocycles. The molecular formula is C9H20. The molecule has 0 fully saturated rings. The number of hydrogen-bond acceptors (Lipinski definition) is 0. The normalized spacial score (nSPS) is 15.0. The van der Waals surface area contributed by atoms with E-state index in [0.29, 0.717) is 0 Å². The molecule has 1 atom stereocenters.